The highest BCUT2D eigenvalue weighted by atomic mass is 35.5. The van der Waals surface area contributed by atoms with Crippen molar-refractivity contribution in [2.75, 3.05) is 20.0 Å². The van der Waals surface area contributed by atoms with E-state index in [4.69, 9.17) is 21.1 Å². The minimum atomic E-state index is 0.0615. The van der Waals surface area contributed by atoms with Gasteiger partial charge in [0.15, 0.2) is 17.3 Å². The monoisotopic (exact) mass is 322 g/mol. The first-order chi connectivity index (χ1) is 10.1. The summed E-state index contributed by atoms with van der Waals surface area (Å²) in [5, 5.41) is 0.624. The van der Waals surface area contributed by atoms with Gasteiger partial charge in [0.05, 0.1) is 20.0 Å². The summed E-state index contributed by atoms with van der Waals surface area (Å²) in [4.78, 5) is 13.0. The van der Waals surface area contributed by atoms with Crippen LogP contribution in [0.1, 0.15) is 10.4 Å². The van der Waals surface area contributed by atoms with Gasteiger partial charge in [-0.3, -0.25) is 4.79 Å². The van der Waals surface area contributed by atoms with Crippen LogP contribution in [0, 0.1) is 0 Å². The largest absolute Gasteiger partial charge is 0.493 e. The van der Waals surface area contributed by atoms with Gasteiger partial charge in [0.2, 0.25) is 0 Å². The van der Waals surface area contributed by atoms with Crippen LogP contribution in [-0.4, -0.2) is 25.8 Å². The van der Waals surface area contributed by atoms with Gasteiger partial charge in [-0.25, -0.2) is 0 Å². The van der Waals surface area contributed by atoms with Crippen LogP contribution in [0.25, 0.3) is 0 Å². The molecule has 0 spiro atoms. The van der Waals surface area contributed by atoms with Crippen LogP contribution in [0.2, 0.25) is 5.02 Å². The van der Waals surface area contributed by atoms with E-state index in [0.29, 0.717) is 27.8 Å². The second-order valence-electron chi connectivity index (χ2n) is 4.24. The number of thioether (sulfide) groups is 1. The van der Waals surface area contributed by atoms with Gasteiger partial charge in [-0.05, 0) is 42.5 Å². The molecule has 0 aliphatic heterocycles. The van der Waals surface area contributed by atoms with Crippen LogP contribution in [0.3, 0.4) is 0 Å². The first-order valence-electron chi connectivity index (χ1n) is 6.27. The minimum absolute atomic E-state index is 0.0615. The highest BCUT2D eigenvalue weighted by molar-refractivity contribution is 8.00. The van der Waals surface area contributed by atoms with Crippen molar-refractivity contribution in [3.63, 3.8) is 0 Å². The molecule has 0 aliphatic carbocycles. The standard InChI is InChI=1S/C16H15ClO3S/c1-19-15-8-7-13(9-16(15)20-2)21-10-14(18)11-3-5-12(17)6-4-11/h3-9H,10H2,1-2H3. The van der Waals surface area contributed by atoms with Gasteiger partial charge < -0.3 is 9.47 Å². The number of carbonyl (C=O) groups excluding carboxylic acids is 1. The SMILES string of the molecule is COc1ccc(SCC(=O)c2ccc(Cl)cc2)cc1OC. The summed E-state index contributed by atoms with van der Waals surface area (Å²) < 4.78 is 10.4. The van der Waals surface area contributed by atoms with Crippen molar-refractivity contribution in [3.8, 4) is 11.5 Å². The van der Waals surface area contributed by atoms with E-state index in [2.05, 4.69) is 0 Å². The predicted octanol–water partition coefficient (Wildman–Crippen LogP) is 4.33. The third-order valence-corrected chi connectivity index (χ3v) is 4.14. The molecule has 0 atom stereocenters. The van der Waals surface area contributed by atoms with E-state index in [-0.39, 0.29) is 5.78 Å². The second-order valence-corrected chi connectivity index (χ2v) is 5.72. The Kier molecular flexibility index (Phi) is 5.53. The van der Waals surface area contributed by atoms with Gasteiger partial charge in [-0.15, -0.1) is 11.8 Å². The fourth-order valence-corrected chi connectivity index (χ4v) is 2.72. The van der Waals surface area contributed by atoms with Crippen molar-refractivity contribution in [3.05, 3.63) is 53.1 Å². The maximum Gasteiger partial charge on any atom is 0.173 e. The third kappa shape index (κ3) is 4.16. The van der Waals surface area contributed by atoms with Gasteiger partial charge in [0.1, 0.15) is 0 Å². The zero-order valence-corrected chi connectivity index (χ0v) is 13.3. The van der Waals surface area contributed by atoms with Crippen LogP contribution >= 0.6 is 23.4 Å². The molecule has 0 aliphatic rings. The van der Waals surface area contributed by atoms with Crippen LogP contribution in [0.5, 0.6) is 11.5 Å². The van der Waals surface area contributed by atoms with Gasteiger partial charge in [-0.2, -0.15) is 0 Å². The maximum atomic E-state index is 12.1. The zero-order chi connectivity index (χ0) is 15.2. The Balaban J connectivity index is 2.02. The smallest absolute Gasteiger partial charge is 0.173 e. The first-order valence-corrected chi connectivity index (χ1v) is 7.64. The van der Waals surface area contributed by atoms with Gasteiger partial charge in [-0.1, -0.05) is 11.6 Å². The fourth-order valence-electron chi connectivity index (χ4n) is 1.77. The van der Waals surface area contributed by atoms with Gasteiger partial charge >= 0.3 is 0 Å². The summed E-state index contributed by atoms with van der Waals surface area (Å²) in [6.45, 7) is 0. The van der Waals surface area contributed by atoms with Crippen LogP contribution in [0.4, 0.5) is 0 Å². The zero-order valence-electron chi connectivity index (χ0n) is 11.8. The molecule has 2 rings (SSSR count). The average Bonchev–Trinajstić information content (AvgIpc) is 2.52. The Morgan fingerprint density at radius 3 is 2.33 bits per heavy atom. The number of rotatable bonds is 6. The number of hydrogen-bond donors (Lipinski definition) is 0. The lowest BCUT2D eigenvalue weighted by molar-refractivity contribution is 0.102. The third-order valence-electron chi connectivity index (χ3n) is 2.89. The van der Waals surface area contributed by atoms with E-state index >= 15 is 0 Å². The maximum absolute atomic E-state index is 12.1. The molecule has 0 unspecified atom stereocenters. The number of halogens is 1. The molecule has 0 saturated carbocycles. The van der Waals surface area contributed by atoms with Crippen molar-refractivity contribution in [1.82, 2.24) is 0 Å². The van der Waals surface area contributed by atoms with E-state index in [0.717, 1.165) is 4.90 Å². The second kappa shape index (κ2) is 7.38. The van der Waals surface area contributed by atoms with Crippen molar-refractivity contribution >= 4 is 29.1 Å². The minimum Gasteiger partial charge on any atom is -0.493 e. The van der Waals surface area contributed by atoms with Crippen LogP contribution in [0.15, 0.2) is 47.4 Å². The predicted molar refractivity (Wildman–Crippen MR) is 86.1 cm³/mol. The molecule has 0 heterocycles. The van der Waals surface area contributed by atoms with E-state index < -0.39 is 0 Å². The van der Waals surface area contributed by atoms with Crippen molar-refractivity contribution in [2.24, 2.45) is 0 Å². The van der Waals surface area contributed by atoms with Crippen molar-refractivity contribution in [1.29, 1.82) is 0 Å². The van der Waals surface area contributed by atoms with Crippen molar-refractivity contribution < 1.29 is 14.3 Å². The van der Waals surface area contributed by atoms with E-state index in [1.807, 2.05) is 18.2 Å². The number of ether oxygens (including phenoxy) is 2. The molecular formula is C16H15ClO3S. The van der Waals surface area contributed by atoms with E-state index in [1.165, 1.54) is 11.8 Å². The van der Waals surface area contributed by atoms with Crippen molar-refractivity contribution in [2.45, 2.75) is 4.90 Å². The molecule has 3 nitrogen and oxygen atoms in total. The Labute approximate surface area is 133 Å². The summed E-state index contributed by atoms with van der Waals surface area (Å²) in [6, 6.07) is 12.5. The molecule has 2 aromatic rings. The lowest BCUT2D eigenvalue weighted by Crippen LogP contribution is -2.01. The molecule has 5 heteroatoms. The normalized spacial score (nSPS) is 10.2. The lowest BCUT2D eigenvalue weighted by atomic mass is 10.1. The Morgan fingerprint density at radius 2 is 1.71 bits per heavy atom. The highest BCUT2D eigenvalue weighted by Crippen LogP contribution is 2.32. The highest BCUT2D eigenvalue weighted by Gasteiger charge is 2.09. The molecule has 21 heavy (non-hydrogen) atoms. The van der Waals surface area contributed by atoms with Crippen LogP contribution in [-0.2, 0) is 0 Å². The lowest BCUT2D eigenvalue weighted by Gasteiger charge is -2.09. The molecule has 110 valence electrons. The van der Waals surface area contributed by atoms with E-state index in [1.54, 1.807) is 38.5 Å². The quantitative estimate of drug-likeness (QED) is 0.585. The number of Topliss-reactive ketones (excluding diaryl/α,β-unsaturated/α-hetero) is 1. The number of carbonyl (C=O) groups is 1. The summed E-state index contributed by atoms with van der Waals surface area (Å²) in [5.41, 5.74) is 0.660. The molecule has 0 radical (unpaired) electrons. The summed E-state index contributed by atoms with van der Waals surface area (Å²) in [7, 11) is 3.18. The fraction of sp³-hybridized carbons (Fsp3) is 0.188. The summed E-state index contributed by atoms with van der Waals surface area (Å²) in [6.07, 6.45) is 0. The Morgan fingerprint density at radius 1 is 1.05 bits per heavy atom. The molecule has 0 aromatic heterocycles. The molecule has 0 N–H and O–H groups in total. The van der Waals surface area contributed by atoms with Gasteiger partial charge in [0, 0.05) is 15.5 Å². The van der Waals surface area contributed by atoms with E-state index in [9.17, 15) is 4.79 Å². The Hall–Kier alpha value is -1.65. The first kappa shape index (κ1) is 15.7. The molecule has 2 aromatic carbocycles. The molecule has 0 saturated heterocycles. The van der Waals surface area contributed by atoms with Gasteiger partial charge in [0.25, 0.3) is 0 Å². The summed E-state index contributed by atoms with van der Waals surface area (Å²) in [5.74, 6) is 1.75. The molecule has 0 fully saturated rings. The number of ketones is 1. The number of benzene rings is 2. The summed E-state index contributed by atoms with van der Waals surface area (Å²) >= 11 is 7.27. The topological polar surface area (TPSA) is 35.5 Å². The number of methoxy groups -OCH3 is 2. The molecular weight excluding hydrogens is 308 g/mol. The Bertz CT molecular complexity index is 626. The van der Waals surface area contributed by atoms with Crippen LogP contribution < -0.4 is 9.47 Å². The molecule has 0 amide bonds. The average molecular weight is 323 g/mol. The molecule has 0 bridgehead atoms. The number of hydrogen-bond acceptors (Lipinski definition) is 4.